The van der Waals surface area contributed by atoms with E-state index in [0.29, 0.717) is 11.6 Å². The highest BCUT2D eigenvalue weighted by Crippen LogP contribution is 2.25. The van der Waals surface area contributed by atoms with E-state index in [4.69, 9.17) is 0 Å². The van der Waals surface area contributed by atoms with Gasteiger partial charge in [0, 0.05) is 5.69 Å². The first-order valence-corrected chi connectivity index (χ1v) is 7.94. The maximum atomic E-state index is 13.0. The van der Waals surface area contributed by atoms with Gasteiger partial charge in [0.2, 0.25) is 5.91 Å². The number of hydrogen-bond donors (Lipinski definition) is 1. The molecule has 3 rings (SSSR count). The minimum Gasteiger partial charge on any atom is -0.373 e. The Morgan fingerprint density at radius 2 is 1.67 bits per heavy atom. The Bertz CT molecular complexity index is 754. The standard InChI is InChI=1S/C19H19FN2O2/c1-12(2)13-3-7-15(8-4-13)21-17-11-18(23)22(19(17)24)16-9-5-14(20)6-10-16/h3-10,12,17,21H,11H2,1-2H3/t17-/m1/s1. The number of carbonyl (C=O) groups excluding carboxylic acids is 2. The second kappa shape index (κ2) is 6.43. The van der Waals surface area contributed by atoms with E-state index in [-0.39, 0.29) is 18.2 Å². The van der Waals surface area contributed by atoms with Crippen LogP contribution in [0.1, 0.15) is 31.7 Å². The predicted octanol–water partition coefficient (Wildman–Crippen LogP) is 3.69. The molecule has 5 heteroatoms. The Morgan fingerprint density at radius 3 is 2.25 bits per heavy atom. The normalized spacial score (nSPS) is 17.7. The van der Waals surface area contributed by atoms with Gasteiger partial charge in [0.15, 0.2) is 0 Å². The molecular weight excluding hydrogens is 307 g/mol. The van der Waals surface area contributed by atoms with Crippen LogP contribution in [0.15, 0.2) is 48.5 Å². The van der Waals surface area contributed by atoms with E-state index < -0.39 is 11.9 Å². The van der Waals surface area contributed by atoms with Crippen LogP contribution in [0.25, 0.3) is 0 Å². The Balaban J connectivity index is 1.75. The van der Waals surface area contributed by atoms with Crippen LogP contribution in [0.2, 0.25) is 0 Å². The number of nitrogens with one attached hydrogen (secondary N) is 1. The molecule has 0 bridgehead atoms. The van der Waals surface area contributed by atoms with E-state index in [2.05, 4.69) is 19.2 Å². The van der Waals surface area contributed by atoms with Crippen LogP contribution in [0.4, 0.5) is 15.8 Å². The number of halogens is 1. The fourth-order valence-corrected chi connectivity index (χ4v) is 2.77. The number of amides is 2. The summed E-state index contributed by atoms with van der Waals surface area (Å²) in [6.45, 7) is 4.23. The molecule has 0 aliphatic carbocycles. The lowest BCUT2D eigenvalue weighted by molar-refractivity contribution is -0.121. The largest absolute Gasteiger partial charge is 0.373 e. The zero-order valence-electron chi connectivity index (χ0n) is 13.6. The molecule has 24 heavy (non-hydrogen) atoms. The number of nitrogens with zero attached hydrogens (tertiary/aromatic N) is 1. The third kappa shape index (κ3) is 3.15. The molecule has 1 saturated heterocycles. The molecule has 2 aromatic carbocycles. The van der Waals surface area contributed by atoms with Crippen LogP contribution in [-0.4, -0.2) is 17.9 Å². The van der Waals surface area contributed by atoms with Crippen molar-refractivity contribution in [3.63, 3.8) is 0 Å². The van der Waals surface area contributed by atoms with Crippen molar-refractivity contribution >= 4 is 23.2 Å². The Morgan fingerprint density at radius 1 is 1.04 bits per heavy atom. The Kier molecular flexibility index (Phi) is 4.34. The molecule has 0 saturated carbocycles. The number of carbonyl (C=O) groups is 2. The molecule has 1 aliphatic rings. The summed E-state index contributed by atoms with van der Waals surface area (Å²) in [4.78, 5) is 25.8. The monoisotopic (exact) mass is 326 g/mol. The first-order valence-electron chi connectivity index (χ1n) is 7.94. The molecule has 0 spiro atoms. The predicted molar refractivity (Wildman–Crippen MR) is 91.5 cm³/mol. The first-order chi connectivity index (χ1) is 11.5. The summed E-state index contributed by atoms with van der Waals surface area (Å²) in [5.74, 6) is -0.581. The van der Waals surface area contributed by atoms with Crippen LogP contribution in [0.5, 0.6) is 0 Å². The average Bonchev–Trinajstić information content (AvgIpc) is 2.83. The van der Waals surface area contributed by atoms with Crippen molar-refractivity contribution in [2.45, 2.75) is 32.2 Å². The summed E-state index contributed by atoms with van der Waals surface area (Å²) in [6, 6.07) is 12.6. The molecular formula is C19H19FN2O2. The number of imide groups is 1. The number of benzene rings is 2. The van der Waals surface area contributed by atoms with Crippen molar-refractivity contribution in [2.24, 2.45) is 0 Å². The molecule has 124 valence electrons. The van der Waals surface area contributed by atoms with Gasteiger partial charge < -0.3 is 5.32 Å². The minimum absolute atomic E-state index is 0.0855. The van der Waals surface area contributed by atoms with Gasteiger partial charge in [-0.2, -0.15) is 0 Å². The van der Waals surface area contributed by atoms with Crippen LogP contribution in [0.3, 0.4) is 0 Å². The second-order valence-electron chi connectivity index (χ2n) is 6.22. The fourth-order valence-electron chi connectivity index (χ4n) is 2.77. The van der Waals surface area contributed by atoms with Gasteiger partial charge in [-0.3, -0.25) is 9.59 Å². The van der Waals surface area contributed by atoms with Crippen molar-refractivity contribution in [3.05, 3.63) is 59.9 Å². The summed E-state index contributed by atoms with van der Waals surface area (Å²) in [7, 11) is 0. The lowest BCUT2D eigenvalue weighted by atomic mass is 10.0. The minimum atomic E-state index is -0.604. The number of rotatable bonds is 4. The van der Waals surface area contributed by atoms with Crippen LogP contribution >= 0.6 is 0 Å². The molecule has 1 atom stereocenters. The van der Waals surface area contributed by atoms with Crippen LogP contribution in [0, 0.1) is 5.82 Å². The lowest BCUT2D eigenvalue weighted by Gasteiger charge is -2.16. The second-order valence-corrected chi connectivity index (χ2v) is 6.22. The van der Waals surface area contributed by atoms with E-state index in [1.807, 2.05) is 24.3 Å². The van der Waals surface area contributed by atoms with Crippen LogP contribution < -0.4 is 10.2 Å². The first kappa shape index (κ1) is 16.2. The van der Waals surface area contributed by atoms with Crippen molar-refractivity contribution in [2.75, 3.05) is 10.2 Å². The van der Waals surface area contributed by atoms with Gasteiger partial charge >= 0.3 is 0 Å². The highest BCUT2D eigenvalue weighted by Gasteiger charge is 2.39. The summed E-state index contributed by atoms with van der Waals surface area (Å²) in [5, 5.41) is 3.11. The highest BCUT2D eigenvalue weighted by atomic mass is 19.1. The molecule has 4 nitrogen and oxygen atoms in total. The topological polar surface area (TPSA) is 49.4 Å². The molecule has 0 unspecified atom stereocenters. The van der Waals surface area contributed by atoms with Gasteiger partial charge in [-0.1, -0.05) is 26.0 Å². The molecule has 1 N–H and O–H groups in total. The quantitative estimate of drug-likeness (QED) is 0.872. The van der Waals surface area contributed by atoms with Crippen molar-refractivity contribution in [1.82, 2.24) is 0 Å². The molecule has 0 aromatic heterocycles. The van der Waals surface area contributed by atoms with Gasteiger partial charge in [0.1, 0.15) is 11.9 Å². The van der Waals surface area contributed by atoms with Crippen LogP contribution in [-0.2, 0) is 9.59 Å². The van der Waals surface area contributed by atoms with Crippen molar-refractivity contribution < 1.29 is 14.0 Å². The number of hydrogen-bond acceptors (Lipinski definition) is 3. The summed E-state index contributed by atoms with van der Waals surface area (Å²) >= 11 is 0. The molecule has 0 radical (unpaired) electrons. The van der Waals surface area contributed by atoms with Crippen molar-refractivity contribution in [1.29, 1.82) is 0 Å². The molecule has 1 aliphatic heterocycles. The average molecular weight is 326 g/mol. The molecule has 1 heterocycles. The maximum Gasteiger partial charge on any atom is 0.256 e. The van der Waals surface area contributed by atoms with Gasteiger partial charge in [-0.25, -0.2) is 9.29 Å². The Labute approximate surface area is 140 Å². The molecule has 1 fully saturated rings. The van der Waals surface area contributed by atoms with Gasteiger partial charge in [-0.15, -0.1) is 0 Å². The molecule has 2 amide bonds. The van der Waals surface area contributed by atoms with E-state index >= 15 is 0 Å². The van der Waals surface area contributed by atoms with E-state index in [0.717, 1.165) is 10.6 Å². The van der Waals surface area contributed by atoms with E-state index in [9.17, 15) is 14.0 Å². The van der Waals surface area contributed by atoms with Gasteiger partial charge in [0.25, 0.3) is 5.91 Å². The summed E-state index contributed by atoms with van der Waals surface area (Å²) < 4.78 is 13.0. The highest BCUT2D eigenvalue weighted by molar-refractivity contribution is 6.23. The fraction of sp³-hybridized carbons (Fsp3) is 0.263. The Hall–Kier alpha value is -2.69. The lowest BCUT2D eigenvalue weighted by Crippen LogP contribution is -2.34. The number of anilines is 2. The third-order valence-electron chi connectivity index (χ3n) is 4.15. The van der Waals surface area contributed by atoms with Crippen molar-refractivity contribution in [3.8, 4) is 0 Å². The zero-order valence-corrected chi connectivity index (χ0v) is 13.6. The summed E-state index contributed by atoms with van der Waals surface area (Å²) in [5.41, 5.74) is 2.40. The third-order valence-corrected chi connectivity index (χ3v) is 4.15. The zero-order chi connectivity index (χ0) is 17.3. The van der Waals surface area contributed by atoms with E-state index in [1.165, 1.54) is 29.8 Å². The molecule has 2 aromatic rings. The smallest absolute Gasteiger partial charge is 0.256 e. The maximum absolute atomic E-state index is 13.0. The van der Waals surface area contributed by atoms with E-state index in [1.54, 1.807) is 0 Å². The van der Waals surface area contributed by atoms with Gasteiger partial charge in [0.05, 0.1) is 12.1 Å². The summed E-state index contributed by atoms with van der Waals surface area (Å²) in [6.07, 6.45) is 0.0855. The van der Waals surface area contributed by atoms with Gasteiger partial charge in [-0.05, 0) is 47.9 Å². The SMILES string of the molecule is CC(C)c1ccc(N[C@@H]2CC(=O)N(c3ccc(F)cc3)C2=O)cc1.